The van der Waals surface area contributed by atoms with Gasteiger partial charge < -0.3 is 14.7 Å². The van der Waals surface area contributed by atoms with Crippen LogP contribution in [0.5, 0.6) is 0 Å². The number of amides is 2. The van der Waals surface area contributed by atoms with Crippen LogP contribution in [0.25, 0.3) is 17.1 Å². The number of aromatic nitrogens is 3. The number of nitrogens with one attached hydrogen (secondary N) is 3. The molecule has 0 aliphatic rings. The van der Waals surface area contributed by atoms with E-state index in [9.17, 15) is 9.59 Å². The molecule has 0 aliphatic heterocycles. The lowest BCUT2D eigenvalue weighted by Gasteiger charge is -2.07. The highest BCUT2D eigenvalue weighted by Gasteiger charge is 2.17. The zero-order valence-corrected chi connectivity index (χ0v) is 17.5. The molecule has 30 heavy (non-hydrogen) atoms. The number of thiazole rings is 1. The normalized spacial score (nSPS) is 10.7. The maximum atomic E-state index is 12.8. The minimum atomic E-state index is -0.335. The first-order valence-corrected chi connectivity index (χ1v) is 10.3. The number of anilines is 1. The van der Waals surface area contributed by atoms with Gasteiger partial charge in [-0.3, -0.25) is 19.5 Å². The molecule has 0 radical (unpaired) electrons. The van der Waals surface area contributed by atoms with Crippen molar-refractivity contribution in [1.29, 1.82) is 0 Å². The standard InChI is InChI=1S/C20H17N5O3S2/c1-12(26)21-9-14-7-8-17(28-14)15-11-30-19(23-15)24-18(27)16-10-22-20(29)25(16)13-5-3-2-4-6-13/h2-8,10-11H,9H2,1H3,(H,21,26)(H,22,29)(H,23,24,27). The molecule has 0 fully saturated rings. The van der Waals surface area contributed by atoms with Crippen molar-refractivity contribution < 1.29 is 14.0 Å². The van der Waals surface area contributed by atoms with E-state index in [1.54, 1.807) is 28.3 Å². The molecule has 4 rings (SSSR count). The largest absolute Gasteiger partial charge is 0.458 e. The van der Waals surface area contributed by atoms with E-state index in [0.717, 1.165) is 5.69 Å². The summed E-state index contributed by atoms with van der Waals surface area (Å²) in [5.41, 5.74) is 1.76. The molecule has 0 atom stereocenters. The van der Waals surface area contributed by atoms with Crippen LogP contribution in [0.3, 0.4) is 0 Å². The summed E-state index contributed by atoms with van der Waals surface area (Å²) in [6.45, 7) is 1.75. The molecule has 0 aliphatic carbocycles. The zero-order valence-electron chi connectivity index (χ0n) is 15.8. The molecule has 4 aromatic rings. The fourth-order valence-electron chi connectivity index (χ4n) is 2.80. The molecular weight excluding hydrogens is 422 g/mol. The number of aromatic amines is 1. The smallest absolute Gasteiger partial charge is 0.276 e. The number of carbonyl (C=O) groups is 2. The van der Waals surface area contributed by atoms with Crippen molar-refractivity contribution in [3.63, 3.8) is 0 Å². The average molecular weight is 440 g/mol. The van der Waals surface area contributed by atoms with Crippen molar-refractivity contribution in [1.82, 2.24) is 19.9 Å². The van der Waals surface area contributed by atoms with Crippen LogP contribution in [0.2, 0.25) is 0 Å². The number of hydrogen-bond donors (Lipinski definition) is 3. The Labute approximate surface area is 180 Å². The molecule has 3 heterocycles. The van der Waals surface area contributed by atoms with E-state index in [4.69, 9.17) is 16.6 Å². The van der Waals surface area contributed by atoms with Crippen molar-refractivity contribution in [3.8, 4) is 17.1 Å². The molecule has 1 aromatic carbocycles. The summed E-state index contributed by atoms with van der Waals surface area (Å²) in [6, 6.07) is 12.9. The van der Waals surface area contributed by atoms with Gasteiger partial charge in [-0.2, -0.15) is 0 Å². The third kappa shape index (κ3) is 4.24. The molecule has 8 nitrogen and oxygen atoms in total. The minimum absolute atomic E-state index is 0.133. The number of furan rings is 1. The summed E-state index contributed by atoms with van der Waals surface area (Å²) in [7, 11) is 0. The monoisotopic (exact) mass is 439 g/mol. The van der Waals surface area contributed by atoms with Gasteiger partial charge in [0.25, 0.3) is 5.91 Å². The number of carbonyl (C=O) groups excluding carboxylic acids is 2. The van der Waals surface area contributed by atoms with E-state index in [2.05, 4.69) is 20.6 Å². The van der Waals surface area contributed by atoms with Crippen molar-refractivity contribution in [3.05, 3.63) is 70.3 Å². The fourth-order valence-corrected chi connectivity index (χ4v) is 3.75. The maximum Gasteiger partial charge on any atom is 0.276 e. The molecule has 0 bridgehead atoms. The molecule has 0 saturated heterocycles. The van der Waals surface area contributed by atoms with E-state index in [-0.39, 0.29) is 11.8 Å². The lowest BCUT2D eigenvalue weighted by Crippen LogP contribution is -2.18. The SMILES string of the molecule is CC(=O)NCc1ccc(-c2csc(NC(=O)c3c[nH]c(=S)n3-c3ccccc3)n2)o1. The molecule has 3 aromatic heterocycles. The number of para-hydroxylation sites is 1. The Morgan fingerprint density at radius 3 is 2.80 bits per heavy atom. The van der Waals surface area contributed by atoms with E-state index in [0.29, 0.717) is 39.4 Å². The maximum absolute atomic E-state index is 12.8. The Kier molecular flexibility index (Phi) is 5.59. The van der Waals surface area contributed by atoms with Crippen LogP contribution >= 0.6 is 23.6 Å². The van der Waals surface area contributed by atoms with Crippen LogP contribution < -0.4 is 10.6 Å². The van der Waals surface area contributed by atoms with E-state index in [1.165, 1.54) is 18.3 Å². The Bertz CT molecular complexity index is 1250. The third-order valence-corrected chi connectivity index (χ3v) is 5.23. The quantitative estimate of drug-likeness (QED) is 0.392. The summed E-state index contributed by atoms with van der Waals surface area (Å²) in [5.74, 6) is 0.707. The van der Waals surface area contributed by atoms with Gasteiger partial charge in [-0.1, -0.05) is 18.2 Å². The van der Waals surface area contributed by atoms with Gasteiger partial charge >= 0.3 is 0 Å². The Balaban J connectivity index is 1.51. The van der Waals surface area contributed by atoms with Gasteiger partial charge in [0.15, 0.2) is 15.7 Å². The molecule has 0 unspecified atom stereocenters. The predicted octanol–water partition coefficient (Wildman–Crippen LogP) is 4.14. The molecular formula is C20H17N5O3S2. The zero-order chi connectivity index (χ0) is 21.1. The van der Waals surface area contributed by atoms with Gasteiger partial charge in [-0.05, 0) is 36.5 Å². The van der Waals surface area contributed by atoms with Gasteiger partial charge in [-0.25, -0.2) is 4.98 Å². The molecule has 152 valence electrons. The van der Waals surface area contributed by atoms with Crippen molar-refractivity contribution in [2.24, 2.45) is 0 Å². The first kappa shape index (κ1) is 19.8. The number of rotatable bonds is 6. The molecule has 3 N–H and O–H groups in total. The van der Waals surface area contributed by atoms with Gasteiger partial charge in [0.2, 0.25) is 5.91 Å². The lowest BCUT2D eigenvalue weighted by molar-refractivity contribution is -0.119. The van der Waals surface area contributed by atoms with Crippen LogP contribution in [0, 0.1) is 4.77 Å². The number of hydrogen-bond acceptors (Lipinski definition) is 6. The van der Waals surface area contributed by atoms with Gasteiger partial charge in [-0.15, -0.1) is 11.3 Å². The number of imidazole rings is 1. The van der Waals surface area contributed by atoms with E-state index in [1.807, 2.05) is 30.3 Å². The summed E-state index contributed by atoms with van der Waals surface area (Å²) in [6.07, 6.45) is 1.57. The van der Waals surface area contributed by atoms with E-state index < -0.39 is 0 Å². The van der Waals surface area contributed by atoms with Crippen LogP contribution in [0.15, 0.2) is 58.5 Å². The van der Waals surface area contributed by atoms with Crippen LogP contribution in [0.1, 0.15) is 23.2 Å². The molecule has 0 spiro atoms. The average Bonchev–Trinajstić information content (AvgIpc) is 3.46. The van der Waals surface area contributed by atoms with Crippen LogP contribution in [0.4, 0.5) is 5.13 Å². The Morgan fingerprint density at radius 1 is 1.23 bits per heavy atom. The van der Waals surface area contributed by atoms with Crippen LogP contribution in [-0.2, 0) is 11.3 Å². The highest BCUT2D eigenvalue weighted by Crippen LogP contribution is 2.27. The molecule has 0 saturated carbocycles. The van der Waals surface area contributed by atoms with Crippen molar-refractivity contribution in [2.45, 2.75) is 13.5 Å². The summed E-state index contributed by atoms with van der Waals surface area (Å²) in [4.78, 5) is 31.2. The predicted molar refractivity (Wildman–Crippen MR) is 116 cm³/mol. The fraction of sp³-hybridized carbons (Fsp3) is 0.100. The highest BCUT2D eigenvalue weighted by molar-refractivity contribution is 7.71. The minimum Gasteiger partial charge on any atom is -0.458 e. The molecule has 2 amide bonds. The summed E-state index contributed by atoms with van der Waals surface area (Å²) < 4.78 is 7.79. The number of H-pyrrole nitrogens is 1. The summed E-state index contributed by atoms with van der Waals surface area (Å²) in [5, 5.41) is 7.70. The second kappa shape index (κ2) is 8.47. The first-order valence-electron chi connectivity index (χ1n) is 8.97. The lowest BCUT2D eigenvalue weighted by atomic mass is 10.3. The van der Waals surface area contributed by atoms with E-state index >= 15 is 0 Å². The number of benzene rings is 1. The topological polar surface area (TPSA) is 105 Å². The van der Waals surface area contributed by atoms with Gasteiger partial charge in [0.1, 0.15) is 17.1 Å². The van der Waals surface area contributed by atoms with Crippen LogP contribution in [-0.4, -0.2) is 26.3 Å². The van der Waals surface area contributed by atoms with Crippen molar-refractivity contribution >= 4 is 40.5 Å². The Morgan fingerprint density at radius 2 is 2.03 bits per heavy atom. The molecule has 10 heteroatoms. The van der Waals surface area contributed by atoms with Gasteiger partial charge in [0, 0.05) is 24.2 Å². The third-order valence-electron chi connectivity index (χ3n) is 4.17. The second-order valence-corrected chi connectivity index (χ2v) is 7.56. The first-order chi connectivity index (χ1) is 14.5. The summed E-state index contributed by atoms with van der Waals surface area (Å²) >= 11 is 6.61. The second-order valence-electron chi connectivity index (χ2n) is 6.32. The highest BCUT2D eigenvalue weighted by atomic mass is 32.1. The Hall–Kier alpha value is -3.50. The van der Waals surface area contributed by atoms with Crippen molar-refractivity contribution in [2.75, 3.05) is 5.32 Å². The van der Waals surface area contributed by atoms with Gasteiger partial charge in [0.05, 0.1) is 6.54 Å². The number of nitrogens with zero attached hydrogens (tertiary/aromatic N) is 2.